The van der Waals surface area contributed by atoms with Crippen LogP contribution in [0.2, 0.25) is 0 Å². The number of carboxylic acids is 1. The Kier molecular flexibility index (Phi) is 4.19. The molecule has 0 atom stereocenters. The van der Waals surface area contributed by atoms with Gasteiger partial charge in [0.25, 0.3) is 0 Å². The van der Waals surface area contributed by atoms with Crippen LogP contribution in [0.4, 0.5) is 5.82 Å². The van der Waals surface area contributed by atoms with Crippen LogP contribution in [0.3, 0.4) is 0 Å². The van der Waals surface area contributed by atoms with E-state index in [9.17, 15) is 4.79 Å². The number of nitrogens with one attached hydrogen (secondary N) is 1. The third-order valence-corrected chi connectivity index (χ3v) is 3.83. The number of hydrogen-bond donors (Lipinski definition) is 2. The van der Waals surface area contributed by atoms with Gasteiger partial charge in [-0.15, -0.1) is 0 Å². The summed E-state index contributed by atoms with van der Waals surface area (Å²) < 4.78 is 0. The molecule has 1 aromatic rings. The molecule has 17 heavy (non-hydrogen) atoms. The first-order valence-corrected chi connectivity index (χ1v) is 6.78. The summed E-state index contributed by atoms with van der Waals surface area (Å²) in [6.07, 6.45) is 5.22. The zero-order valence-corrected chi connectivity index (χ0v) is 10.2. The number of aromatic carboxylic acids is 1. The van der Waals surface area contributed by atoms with Crippen molar-refractivity contribution in [2.75, 3.05) is 23.4 Å². The number of carboxylic acid groups (broad SMARTS) is 1. The average Bonchev–Trinajstić information content (AvgIpc) is 2.38. The third kappa shape index (κ3) is 3.59. The van der Waals surface area contributed by atoms with E-state index in [1.807, 2.05) is 11.8 Å². The zero-order valence-electron chi connectivity index (χ0n) is 9.43. The highest BCUT2D eigenvalue weighted by atomic mass is 32.2. The fourth-order valence-electron chi connectivity index (χ4n) is 1.73. The highest BCUT2D eigenvalue weighted by Crippen LogP contribution is 2.22. The van der Waals surface area contributed by atoms with Crippen molar-refractivity contribution in [3.8, 4) is 0 Å². The van der Waals surface area contributed by atoms with E-state index in [4.69, 9.17) is 5.11 Å². The van der Waals surface area contributed by atoms with Gasteiger partial charge in [0, 0.05) is 6.54 Å². The number of hydrogen-bond acceptors (Lipinski definition) is 5. The summed E-state index contributed by atoms with van der Waals surface area (Å²) in [6, 6.07) is 0. The minimum atomic E-state index is -1.05. The molecule has 1 fully saturated rings. The van der Waals surface area contributed by atoms with Crippen LogP contribution in [0.15, 0.2) is 12.4 Å². The second-order valence-corrected chi connectivity index (χ2v) is 5.25. The smallest absolute Gasteiger partial charge is 0.356 e. The van der Waals surface area contributed by atoms with Crippen LogP contribution in [0.1, 0.15) is 23.3 Å². The van der Waals surface area contributed by atoms with Crippen LogP contribution in [0.5, 0.6) is 0 Å². The lowest BCUT2D eigenvalue weighted by Crippen LogP contribution is -2.19. The van der Waals surface area contributed by atoms with Crippen LogP contribution >= 0.6 is 11.8 Å². The molecule has 2 heterocycles. The Morgan fingerprint density at radius 2 is 2.18 bits per heavy atom. The first-order chi connectivity index (χ1) is 8.25. The van der Waals surface area contributed by atoms with E-state index < -0.39 is 5.97 Å². The lowest BCUT2D eigenvalue weighted by molar-refractivity contribution is 0.0690. The SMILES string of the molecule is O=C(O)c1cnc(NCC2CCSCC2)cn1. The average molecular weight is 253 g/mol. The molecule has 1 aromatic heterocycles. The molecule has 1 aliphatic heterocycles. The van der Waals surface area contributed by atoms with Crippen LogP contribution in [-0.2, 0) is 0 Å². The summed E-state index contributed by atoms with van der Waals surface area (Å²) >= 11 is 2.00. The van der Waals surface area contributed by atoms with Crippen molar-refractivity contribution in [2.24, 2.45) is 5.92 Å². The number of thioether (sulfide) groups is 1. The molecule has 0 aliphatic carbocycles. The number of carbonyl (C=O) groups is 1. The van der Waals surface area contributed by atoms with Crippen molar-refractivity contribution in [3.05, 3.63) is 18.1 Å². The van der Waals surface area contributed by atoms with Crippen LogP contribution in [0, 0.1) is 5.92 Å². The molecule has 2 rings (SSSR count). The number of anilines is 1. The number of aromatic nitrogens is 2. The first kappa shape index (κ1) is 12.2. The Morgan fingerprint density at radius 1 is 1.41 bits per heavy atom. The second-order valence-electron chi connectivity index (χ2n) is 4.03. The van der Waals surface area contributed by atoms with Gasteiger partial charge in [0.15, 0.2) is 5.69 Å². The topological polar surface area (TPSA) is 75.1 Å². The lowest BCUT2D eigenvalue weighted by atomic mass is 10.0. The van der Waals surface area contributed by atoms with Crippen LogP contribution < -0.4 is 5.32 Å². The highest BCUT2D eigenvalue weighted by molar-refractivity contribution is 7.99. The van der Waals surface area contributed by atoms with Gasteiger partial charge in [0.05, 0.1) is 12.4 Å². The summed E-state index contributed by atoms with van der Waals surface area (Å²) in [7, 11) is 0. The summed E-state index contributed by atoms with van der Waals surface area (Å²) in [6.45, 7) is 0.891. The number of rotatable bonds is 4. The molecular formula is C11H15N3O2S. The normalized spacial score (nSPS) is 16.7. The standard InChI is InChI=1S/C11H15N3O2S/c15-11(16)9-6-14-10(7-12-9)13-5-8-1-3-17-4-2-8/h6-8H,1-5H2,(H,13,14)(H,15,16). The van der Waals surface area contributed by atoms with E-state index in [0.717, 1.165) is 6.54 Å². The van der Waals surface area contributed by atoms with Gasteiger partial charge in [-0.25, -0.2) is 14.8 Å². The van der Waals surface area contributed by atoms with Crippen molar-refractivity contribution >= 4 is 23.5 Å². The first-order valence-electron chi connectivity index (χ1n) is 5.62. The molecular weight excluding hydrogens is 238 g/mol. The van der Waals surface area contributed by atoms with Gasteiger partial charge in [0.1, 0.15) is 5.82 Å². The quantitative estimate of drug-likeness (QED) is 0.851. The molecule has 0 amide bonds. The summed E-state index contributed by atoms with van der Waals surface area (Å²) in [5.41, 5.74) is -0.0235. The monoisotopic (exact) mass is 253 g/mol. The minimum Gasteiger partial charge on any atom is -0.476 e. The van der Waals surface area contributed by atoms with Gasteiger partial charge < -0.3 is 10.4 Å². The van der Waals surface area contributed by atoms with Crippen LogP contribution in [-0.4, -0.2) is 39.1 Å². The Bertz CT molecular complexity index is 377. The maximum Gasteiger partial charge on any atom is 0.356 e. The lowest BCUT2D eigenvalue weighted by Gasteiger charge is -2.21. The Labute approximate surface area is 104 Å². The molecule has 0 unspecified atom stereocenters. The molecule has 2 N–H and O–H groups in total. The van der Waals surface area contributed by atoms with Gasteiger partial charge in [0.2, 0.25) is 0 Å². The summed E-state index contributed by atoms with van der Waals surface area (Å²) in [5.74, 6) is 2.75. The van der Waals surface area contributed by atoms with E-state index in [2.05, 4.69) is 15.3 Å². The van der Waals surface area contributed by atoms with Gasteiger partial charge in [-0.05, 0) is 30.3 Å². The minimum absolute atomic E-state index is 0.0235. The van der Waals surface area contributed by atoms with E-state index >= 15 is 0 Å². The summed E-state index contributed by atoms with van der Waals surface area (Å²) in [4.78, 5) is 18.4. The van der Waals surface area contributed by atoms with Gasteiger partial charge in [-0.1, -0.05) is 0 Å². The second kappa shape index (κ2) is 5.86. The van der Waals surface area contributed by atoms with E-state index in [-0.39, 0.29) is 5.69 Å². The molecule has 0 spiro atoms. The molecule has 92 valence electrons. The maximum atomic E-state index is 10.6. The Morgan fingerprint density at radius 3 is 2.76 bits per heavy atom. The predicted octanol–water partition coefficient (Wildman–Crippen LogP) is 1.73. The van der Waals surface area contributed by atoms with E-state index in [1.54, 1.807) is 0 Å². The van der Waals surface area contributed by atoms with Gasteiger partial charge >= 0.3 is 5.97 Å². The van der Waals surface area contributed by atoms with Crippen LogP contribution in [0.25, 0.3) is 0 Å². The Hall–Kier alpha value is -1.30. The molecule has 5 nitrogen and oxygen atoms in total. The number of nitrogens with zero attached hydrogens (tertiary/aromatic N) is 2. The van der Waals surface area contributed by atoms with Crippen molar-refractivity contribution < 1.29 is 9.90 Å². The fourth-order valence-corrected chi connectivity index (χ4v) is 2.93. The third-order valence-electron chi connectivity index (χ3n) is 2.78. The van der Waals surface area contributed by atoms with E-state index in [0.29, 0.717) is 11.7 Å². The van der Waals surface area contributed by atoms with E-state index in [1.165, 1.54) is 36.7 Å². The molecule has 0 bridgehead atoms. The fraction of sp³-hybridized carbons (Fsp3) is 0.545. The van der Waals surface area contributed by atoms with Crippen molar-refractivity contribution in [2.45, 2.75) is 12.8 Å². The molecule has 1 aliphatic rings. The molecule has 0 saturated carbocycles. The van der Waals surface area contributed by atoms with Crippen molar-refractivity contribution in [3.63, 3.8) is 0 Å². The zero-order chi connectivity index (χ0) is 12.1. The Balaban J connectivity index is 1.84. The molecule has 0 radical (unpaired) electrons. The molecule has 1 saturated heterocycles. The molecule has 6 heteroatoms. The van der Waals surface area contributed by atoms with Gasteiger partial charge in [-0.3, -0.25) is 0 Å². The largest absolute Gasteiger partial charge is 0.476 e. The van der Waals surface area contributed by atoms with Crippen molar-refractivity contribution in [1.82, 2.24) is 9.97 Å². The molecule has 0 aromatic carbocycles. The maximum absolute atomic E-state index is 10.6. The summed E-state index contributed by atoms with van der Waals surface area (Å²) in [5, 5.41) is 11.9. The predicted molar refractivity (Wildman–Crippen MR) is 67.5 cm³/mol. The van der Waals surface area contributed by atoms with Gasteiger partial charge in [-0.2, -0.15) is 11.8 Å². The van der Waals surface area contributed by atoms with Crippen molar-refractivity contribution in [1.29, 1.82) is 0 Å². The highest BCUT2D eigenvalue weighted by Gasteiger charge is 2.13.